The highest BCUT2D eigenvalue weighted by Gasteiger charge is 2.08. The molecular weight excluding hydrogens is 274 g/mol. The zero-order valence-corrected chi connectivity index (χ0v) is 14.0. The summed E-state index contributed by atoms with van der Waals surface area (Å²) in [4.78, 5) is 11.5. The topological polar surface area (TPSA) is 49.3 Å². The molecule has 0 radical (unpaired) electrons. The first kappa shape index (κ1) is 18.3. The first-order valence-corrected chi connectivity index (χ1v) is 8.29. The van der Waals surface area contributed by atoms with E-state index in [1.54, 1.807) is 6.92 Å². The number of carbonyl (C=O) groups excluding carboxylic acids is 1. The number of unbranched alkanes of at least 4 members (excludes halogenated alkanes) is 5. The minimum Gasteiger partial charge on any atom is -0.507 e. The maximum absolute atomic E-state index is 11.5. The number of aryl methyl sites for hydroxylation is 1. The Morgan fingerprint density at radius 3 is 2.45 bits per heavy atom. The van der Waals surface area contributed by atoms with Crippen molar-refractivity contribution in [3.63, 3.8) is 0 Å². The molecule has 3 heteroatoms. The van der Waals surface area contributed by atoms with Crippen molar-refractivity contribution in [1.82, 2.24) is 5.32 Å². The number of phenols is 1. The number of hydrogen-bond donors (Lipinski definition) is 2. The van der Waals surface area contributed by atoms with Crippen LogP contribution in [0.15, 0.2) is 30.4 Å². The van der Waals surface area contributed by atoms with Gasteiger partial charge >= 0.3 is 0 Å². The molecule has 0 bridgehead atoms. The van der Waals surface area contributed by atoms with E-state index in [0.29, 0.717) is 17.9 Å². The maximum atomic E-state index is 11.5. The number of hydrogen-bond acceptors (Lipinski definition) is 2. The molecule has 0 aliphatic rings. The molecular formula is C19H29NO2. The van der Waals surface area contributed by atoms with Crippen molar-refractivity contribution in [2.24, 2.45) is 0 Å². The third-order valence-corrected chi connectivity index (χ3v) is 3.83. The van der Waals surface area contributed by atoms with E-state index < -0.39 is 0 Å². The summed E-state index contributed by atoms with van der Waals surface area (Å²) in [6.07, 6.45) is 8.33. The van der Waals surface area contributed by atoms with Gasteiger partial charge < -0.3 is 10.4 Å². The van der Waals surface area contributed by atoms with Gasteiger partial charge in [-0.2, -0.15) is 0 Å². The Bertz CT molecular complexity index is 494. The Labute approximate surface area is 134 Å². The minimum atomic E-state index is -0.180. The summed E-state index contributed by atoms with van der Waals surface area (Å²) in [5.41, 5.74) is 2.21. The van der Waals surface area contributed by atoms with Gasteiger partial charge in [-0.3, -0.25) is 4.79 Å². The van der Waals surface area contributed by atoms with Gasteiger partial charge in [0.15, 0.2) is 0 Å². The fraction of sp³-hybridized carbons (Fsp3) is 0.526. The molecule has 0 fully saturated rings. The Morgan fingerprint density at radius 2 is 1.77 bits per heavy atom. The number of rotatable bonds is 10. The van der Waals surface area contributed by atoms with Crippen molar-refractivity contribution < 1.29 is 9.90 Å². The van der Waals surface area contributed by atoms with Crippen LogP contribution in [0.1, 0.15) is 63.5 Å². The number of phenolic OH excluding ortho intramolecular Hbond substituents is 1. The van der Waals surface area contributed by atoms with Gasteiger partial charge in [-0.15, -0.1) is 0 Å². The van der Waals surface area contributed by atoms with Crippen molar-refractivity contribution in [2.75, 3.05) is 0 Å². The van der Waals surface area contributed by atoms with Crippen LogP contribution >= 0.6 is 0 Å². The summed E-state index contributed by atoms with van der Waals surface area (Å²) in [5, 5.41) is 13.1. The second-order valence-corrected chi connectivity index (χ2v) is 5.91. The van der Waals surface area contributed by atoms with E-state index in [-0.39, 0.29) is 5.91 Å². The lowest BCUT2D eigenvalue weighted by Crippen LogP contribution is -2.23. The van der Waals surface area contributed by atoms with Crippen molar-refractivity contribution in [1.29, 1.82) is 0 Å². The number of nitrogens with one attached hydrogen (secondary N) is 1. The van der Waals surface area contributed by atoms with Crippen LogP contribution in [0.4, 0.5) is 0 Å². The Hall–Kier alpha value is -1.77. The van der Waals surface area contributed by atoms with E-state index >= 15 is 0 Å². The lowest BCUT2D eigenvalue weighted by molar-refractivity contribution is -0.117. The number of para-hydroxylation sites is 1. The number of carbonyl (C=O) groups is 1. The van der Waals surface area contributed by atoms with Gasteiger partial charge in [0, 0.05) is 17.7 Å². The summed E-state index contributed by atoms with van der Waals surface area (Å²) in [6, 6.07) is 5.75. The molecule has 1 aromatic carbocycles. The van der Waals surface area contributed by atoms with E-state index in [9.17, 15) is 9.90 Å². The highest BCUT2D eigenvalue weighted by molar-refractivity contribution is 5.92. The summed E-state index contributed by atoms with van der Waals surface area (Å²) in [7, 11) is 0. The van der Waals surface area contributed by atoms with E-state index in [0.717, 1.165) is 24.0 Å². The Kier molecular flexibility index (Phi) is 8.34. The summed E-state index contributed by atoms with van der Waals surface area (Å²) >= 11 is 0. The lowest BCUT2D eigenvalue weighted by atomic mass is 10.0. The monoisotopic (exact) mass is 303 g/mol. The van der Waals surface area contributed by atoms with Crippen molar-refractivity contribution in [3.8, 4) is 5.75 Å². The van der Waals surface area contributed by atoms with E-state index in [1.165, 1.54) is 32.1 Å². The predicted octanol–water partition coefficient (Wildman–Crippen LogP) is 4.49. The quantitative estimate of drug-likeness (QED) is 0.494. The van der Waals surface area contributed by atoms with Crippen LogP contribution in [0.5, 0.6) is 5.75 Å². The Morgan fingerprint density at radius 1 is 1.14 bits per heavy atom. The largest absolute Gasteiger partial charge is 0.507 e. The fourth-order valence-corrected chi connectivity index (χ4v) is 2.41. The van der Waals surface area contributed by atoms with Gasteiger partial charge in [0.05, 0.1) is 0 Å². The summed E-state index contributed by atoms with van der Waals surface area (Å²) in [6.45, 7) is 7.83. The first-order chi connectivity index (χ1) is 10.6. The van der Waals surface area contributed by atoms with Gasteiger partial charge in [0.2, 0.25) is 5.91 Å². The molecule has 1 rings (SSSR count). The van der Waals surface area contributed by atoms with E-state index in [4.69, 9.17) is 0 Å². The van der Waals surface area contributed by atoms with Crippen LogP contribution < -0.4 is 5.32 Å². The molecule has 1 aromatic rings. The molecule has 0 aliphatic heterocycles. The average molecular weight is 303 g/mol. The highest BCUT2D eigenvalue weighted by atomic mass is 16.3. The SMILES string of the molecule is C=C(C)C(=O)NCc1cccc(CCCCCCCC)c1O. The van der Waals surface area contributed by atoms with Crippen molar-refractivity contribution in [2.45, 2.75) is 65.3 Å². The molecule has 0 spiro atoms. The van der Waals surface area contributed by atoms with Crippen molar-refractivity contribution >= 4 is 5.91 Å². The van der Waals surface area contributed by atoms with E-state index in [1.807, 2.05) is 18.2 Å². The van der Waals surface area contributed by atoms with Crippen molar-refractivity contribution in [3.05, 3.63) is 41.5 Å². The third-order valence-electron chi connectivity index (χ3n) is 3.83. The lowest BCUT2D eigenvalue weighted by Gasteiger charge is -2.11. The van der Waals surface area contributed by atoms with Gasteiger partial charge in [-0.1, -0.05) is 63.8 Å². The van der Waals surface area contributed by atoms with Crippen LogP contribution in [0.3, 0.4) is 0 Å². The molecule has 0 atom stereocenters. The summed E-state index contributed by atoms with van der Waals surface area (Å²) in [5.74, 6) is 0.138. The second kappa shape index (κ2) is 10.0. The molecule has 122 valence electrons. The van der Waals surface area contributed by atoms with Gasteiger partial charge in [-0.05, 0) is 25.3 Å². The van der Waals surface area contributed by atoms with E-state index in [2.05, 4.69) is 18.8 Å². The van der Waals surface area contributed by atoms with Crippen LogP contribution in [0, 0.1) is 0 Å². The zero-order chi connectivity index (χ0) is 16.4. The molecule has 22 heavy (non-hydrogen) atoms. The molecule has 0 unspecified atom stereocenters. The molecule has 3 nitrogen and oxygen atoms in total. The Balaban J connectivity index is 2.46. The van der Waals surface area contributed by atoms with Crippen LogP contribution in [0.2, 0.25) is 0 Å². The second-order valence-electron chi connectivity index (χ2n) is 5.91. The number of benzene rings is 1. The molecule has 2 N–H and O–H groups in total. The molecule has 0 aliphatic carbocycles. The average Bonchev–Trinajstić information content (AvgIpc) is 2.50. The fourth-order valence-electron chi connectivity index (χ4n) is 2.41. The van der Waals surface area contributed by atoms with Gasteiger partial charge in [0.1, 0.15) is 5.75 Å². The van der Waals surface area contributed by atoms with Crippen LogP contribution in [0.25, 0.3) is 0 Å². The smallest absolute Gasteiger partial charge is 0.246 e. The molecule has 0 saturated carbocycles. The standard InChI is InChI=1S/C19H29NO2/c1-4-5-6-7-8-9-11-16-12-10-13-17(18(16)21)14-20-19(22)15(2)3/h10,12-13,21H,2,4-9,11,14H2,1,3H3,(H,20,22). The first-order valence-electron chi connectivity index (χ1n) is 8.29. The predicted molar refractivity (Wildman–Crippen MR) is 91.8 cm³/mol. The number of aromatic hydroxyl groups is 1. The third kappa shape index (κ3) is 6.33. The molecule has 1 amide bonds. The highest BCUT2D eigenvalue weighted by Crippen LogP contribution is 2.24. The molecule has 0 heterocycles. The van der Waals surface area contributed by atoms with Gasteiger partial charge in [-0.25, -0.2) is 0 Å². The van der Waals surface area contributed by atoms with Crippen LogP contribution in [-0.2, 0) is 17.8 Å². The number of amides is 1. The molecule has 0 saturated heterocycles. The zero-order valence-electron chi connectivity index (χ0n) is 14.0. The summed E-state index contributed by atoms with van der Waals surface area (Å²) < 4.78 is 0. The van der Waals surface area contributed by atoms with Gasteiger partial charge in [0.25, 0.3) is 0 Å². The van der Waals surface area contributed by atoms with Crippen LogP contribution in [-0.4, -0.2) is 11.0 Å². The minimum absolute atomic E-state index is 0.180. The normalized spacial score (nSPS) is 10.5. The maximum Gasteiger partial charge on any atom is 0.246 e. The molecule has 0 aromatic heterocycles.